The predicted octanol–water partition coefficient (Wildman–Crippen LogP) is 2.10. The van der Waals surface area contributed by atoms with Crippen LogP contribution in [0.15, 0.2) is 17.6 Å². The van der Waals surface area contributed by atoms with Gasteiger partial charge in [0.2, 0.25) is 0 Å². The van der Waals surface area contributed by atoms with E-state index in [1.54, 1.807) is 0 Å². The standard InChI is InChI=1S/C17H35N5.HI/c1-6-7-8-9-10-11-22(5)17(18-2)19-14-16-15-20(3)12-13-21(16)4;/h6,16H,1,7-15H2,2-5H3,(H,18,19);1H. The number of allylic oxidation sites excluding steroid dienone is 1. The number of likely N-dealkylation sites (N-methyl/N-ethyl adjacent to an activating group) is 2. The summed E-state index contributed by atoms with van der Waals surface area (Å²) in [6, 6.07) is 0.552. The lowest BCUT2D eigenvalue weighted by Crippen LogP contribution is -2.55. The topological polar surface area (TPSA) is 34.1 Å². The largest absolute Gasteiger partial charge is 0.355 e. The first-order valence-corrected chi connectivity index (χ1v) is 8.50. The SMILES string of the molecule is C=CCCCCCN(C)C(=NC)NCC1CN(C)CCN1C.I. The lowest BCUT2D eigenvalue weighted by molar-refractivity contribution is 0.116. The second kappa shape index (κ2) is 13.0. The van der Waals surface area contributed by atoms with Crippen LogP contribution in [0.2, 0.25) is 0 Å². The van der Waals surface area contributed by atoms with Gasteiger partial charge in [0.1, 0.15) is 0 Å². The molecule has 1 aliphatic heterocycles. The highest BCUT2D eigenvalue weighted by molar-refractivity contribution is 14.0. The molecule has 136 valence electrons. The Bertz CT molecular complexity index is 348. The number of nitrogens with zero attached hydrogens (tertiary/aromatic N) is 4. The fourth-order valence-corrected chi connectivity index (χ4v) is 2.84. The molecule has 1 aliphatic rings. The van der Waals surface area contributed by atoms with Gasteiger partial charge in [-0.15, -0.1) is 30.6 Å². The molecule has 0 radical (unpaired) electrons. The van der Waals surface area contributed by atoms with Gasteiger partial charge in [-0.3, -0.25) is 9.89 Å². The van der Waals surface area contributed by atoms with Crippen LogP contribution in [0.4, 0.5) is 0 Å². The van der Waals surface area contributed by atoms with Crippen molar-refractivity contribution in [2.75, 3.05) is 60.9 Å². The first-order valence-electron chi connectivity index (χ1n) is 8.50. The van der Waals surface area contributed by atoms with Crippen LogP contribution < -0.4 is 5.32 Å². The third kappa shape index (κ3) is 8.91. The number of piperazine rings is 1. The molecular weight excluding hydrogens is 401 g/mol. The van der Waals surface area contributed by atoms with Crippen LogP contribution >= 0.6 is 24.0 Å². The Balaban J connectivity index is 0.00000484. The van der Waals surface area contributed by atoms with Gasteiger partial charge < -0.3 is 15.1 Å². The number of nitrogens with one attached hydrogen (secondary N) is 1. The summed E-state index contributed by atoms with van der Waals surface area (Å²) < 4.78 is 0. The van der Waals surface area contributed by atoms with E-state index < -0.39 is 0 Å². The Morgan fingerprint density at radius 1 is 1.30 bits per heavy atom. The van der Waals surface area contributed by atoms with Gasteiger partial charge in [0.05, 0.1) is 0 Å². The molecule has 1 N–H and O–H groups in total. The van der Waals surface area contributed by atoms with Crippen LogP contribution in [0.5, 0.6) is 0 Å². The first-order chi connectivity index (χ1) is 10.6. The molecule has 6 heteroatoms. The van der Waals surface area contributed by atoms with E-state index in [-0.39, 0.29) is 24.0 Å². The highest BCUT2D eigenvalue weighted by Crippen LogP contribution is 2.05. The maximum Gasteiger partial charge on any atom is 0.193 e. The fraction of sp³-hybridized carbons (Fsp3) is 0.824. The summed E-state index contributed by atoms with van der Waals surface area (Å²) in [5.74, 6) is 1.00. The average molecular weight is 437 g/mol. The van der Waals surface area contributed by atoms with Crippen molar-refractivity contribution in [3.8, 4) is 0 Å². The third-order valence-electron chi connectivity index (χ3n) is 4.45. The molecule has 0 spiro atoms. The van der Waals surface area contributed by atoms with Crippen LogP contribution in [0.3, 0.4) is 0 Å². The maximum absolute atomic E-state index is 4.41. The van der Waals surface area contributed by atoms with Crippen LogP contribution in [-0.4, -0.2) is 87.6 Å². The van der Waals surface area contributed by atoms with Crippen LogP contribution in [0.25, 0.3) is 0 Å². The van der Waals surface area contributed by atoms with E-state index in [9.17, 15) is 0 Å². The van der Waals surface area contributed by atoms with Crippen molar-refractivity contribution < 1.29 is 0 Å². The Labute approximate surface area is 160 Å². The van der Waals surface area contributed by atoms with Crippen molar-refractivity contribution >= 4 is 29.9 Å². The van der Waals surface area contributed by atoms with Crippen molar-refractivity contribution in [3.63, 3.8) is 0 Å². The normalized spacial score (nSPS) is 20.0. The van der Waals surface area contributed by atoms with Crippen LogP contribution in [-0.2, 0) is 0 Å². The molecule has 1 unspecified atom stereocenters. The van der Waals surface area contributed by atoms with Gasteiger partial charge in [0.25, 0.3) is 0 Å². The molecule has 1 saturated heterocycles. The minimum absolute atomic E-state index is 0. The van der Waals surface area contributed by atoms with Gasteiger partial charge >= 0.3 is 0 Å². The van der Waals surface area contributed by atoms with E-state index in [2.05, 4.69) is 52.7 Å². The molecular formula is C17H36IN5. The number of hydrogen-bond acceptors (Lipinski definition) is 3. The van der Waals surface area contributed by atoms with Gasteiger partial charge in [-0.1, -0.05) is 12.5 Å². The summed E-state index contributed by atoms with van der Waals surface area (Å²) in [6.45, 7) is 9.19. The summed E-state index contributed by atoms with van der Waals surface area (Å²) in [4.78, 5) is 11.5. The smallest absolute Gasteiger partial charge is 0.193 e. The molecule has 0 aliphatic carbocycles. The molecule has 0 aromatic rings. The van der Waals surface area contributed by atoms with Gasteiger partial charge in [-0.2, -0.15) is 0 Å². The molecule has 0 amide bonds. The summed E-state index contributed by atoms with van der Waals surface area (Å²) in [6.07, 6.45) is 6.82. The van der Waals surface area contributed by atoms with Crippen molar-refractivity contribution in [2.24, 2.45) is 4.99 Å². The van der Waals surface area contributed by atoms with E-state index in [0.717, 1.165) is 45.1 Å². The summed E-state index contributed by atoms with van der Waals surface area (Å²) in [5, 5.41) is 3.53. The van der Waals surface area contributed by atoms with Crippen molar-refractivity contribution in [1.82, 2.24) is 20.0 Å². The second-order valence-electron chi connectivity index (χ2n) is 6.38. The molecule has 1 rings (SSSR count). The molecule has 1 heterocycles. The second-order valence-corrected chi connectivity index (χ2v) is 6.38. The van der Waals surface area contributed by atoms with Gasteiger partial charge in [0, 0.05) is 52.9 Å². The fourth-order valence-electron chi connectivity index (χ4n) is 2.84. The summed E-state index contributed by atoms with van der Waals surface area (Å²) >= 11 is 0. The Kier molecular flexibility index (Phi) is 12.8. The Morgan fingerprint density at radius 3 is 2.70 bits per heavy atom. The molecule has 1 atom stereocenters. The lowest BCUT2D eigenvalue weighted by Gasteiger charge is -2.38. The van der Waals surface area contributed by atoms with Crippen molar-refractivity contribution in [3.05, 3.63) is 12.7 Å². The predicted molar refractivity (Wildman–Crippen MR) is 112 cm³/mol. The zero-order valence-electron chi connectivity index (χ0n) is 15.4. The third-order valence-corrected chi connectivity index (χ3v) is 4.45. The van der Waals surface area contributed by atoms with E-state index in [4.69, 9.17) is 0 Å². The van der Waals surface area contributed by atoms with Gasteiger partial charge in [-0.05, 0) is 33.4 Å². The molecule has 0 bridgehead atoms. The Hall–Kier alpha value is -0.340. The minimum atomic E-state index is 0. The average Bonchev–Trinajstić information content (AvgIpc) is 2.51. The highest BCUT2D eigenvalue weighted by atomic mass is 127. The Morgan fingerprint density at radius 2 is 2.04 bits per heavy atom. The van der Waals surface area contributed by atoms with Gasteiger partial charge in [-0.25, -0.2) is 0 Å². The molecule has 0 saturated carbocycles. The summed E-state index contributed by atoms with van der Waals surface area (Å²) in [7, 11) is 8.41. The maximum atomic E-state index is 4.41. The lowest BCUT2D eigenvalue weighted by atomic mass is 10.2. The number of hydrogen-bond donors (Lipinski definition) is 1. The number of unbranched alkanes of at least 4 members (excludes halogenated alkanes) is 3. The number of halogens is 1. The van der Waals surface area contributed by atoms with E-state index in [0.29, 0.717) is 6.04 Å². The quantitative estimate of drug-likeness (QED) is 0.207. The molecule has 0 aromatic carbocycles. The number of rotatable bonds is 8. The summed E-state index contributed by atoms with van der Waals surface area (Å²) in [5.41, 5.74) is 0. The highest BCUT2D eigenvalue weighted by Gasteiger charge is 2.22. The van der Waals surface area contributed by atoms with E-state index >= 15 is 0 Å². The molecule has 23 heavy (non-hydrogen) atoms. The van der Waals surface area contributed by atoms with Crippen molar-refractivity contribution in [2.45, 2.75) is 31.7 Å². The monoisotopic (exact) mass is 437 g/mol. The zero-order valence-corrected chi connectivity index (χ0v) is 17.8. The van der Waals surface area contributed by atoms with Gasteiger partial charge in [0.15, 0.2) is 5.96 Å². The minimum Gasteiger partial charge on any atom is -0.355 e. The number of guanidine groups is 1. The van der Waals surface area contributed by atoms with Crippen molar-refractivity contribution in [1.29, 1.82) is 0 Å². The molecule has 5 nitrogen and oxygen atoms in total. The van der Waals surface area contributed by atoms with E-state index in [1.807, 2.05) is 13.1 Å². The number of aliphatic imine (C=N–C) groups is 1. The van der Waals surface area contributed by atoms with Crippen LogP contribution in [0, 0.1) is 0 Å². The van der Waals surface area contributed by atoms with Crippen LogP contribution in [0.1, 0.15) is 25.7 Å². The molecule has 1 fully saturated rings. The zero-order chi connectivity index (χ0) is 16.4. The first kappa shape index (κ1) is 22.7. The van der Waals surface area contributed by atoms with E-state index in [1.165, 1.54) is 19.3 Å². The molecule has 0 aromatic heterocycles.